The number of halogens is 1. The number of aryl methyl sites for hydroxylation is 1. The Balaban J connectivity index is 1.81. The molecule has 0 aliphatic carbocycles. The van der Waals surface area contributed by atoms with Crippen LogP contribution in [0.15, 0.2) is 60.8 Å². The highest BCUT2D eigenvalue weighted by atomic mass is 35.5. The van der Waals surface area contributed by atoms with Gasteiger partial charge < -0.3 is 10.2 Å². The van der Waals surface area contributed by atoms with Crippen molar-refractivity contribution in [3.63, 3.8) is 0 Å². The third kappa shape index (κ3) is 3.95. The number of aromatic nitrogens is 2. The molecule has 0 fully saturated rings. The summed E-state index contributed by atoms with van der Waals surface area (Å²) in [5.74, 6) is 0.130. The summed E-state index contributed by atoms with van der Waals surface area (Å²) in [6, 6.07) is 16.7. The highest BCUT2D eigenvalue weighted by molar-refractivity contribution is 6.31. The van der Waals surface area contributed by atoms with Crippen LogP contribution in [0.5, 0.6) is 0 Å². The third-order valence-electron chi connectivity index (χ3n) is 3.75. The van der Waals surface area contributed by atoms with Gasteiger partial charge in [-0.2, -0.15) is 0 Å². The molecule has 0 spiro atoms. The van der Waals surface area contributed by atoms with Crippen molar-refractivity contribution in [2.75, 3.05) is 17.3 Å². The third-order valence-corrected chi connectivity index (χ3v) is 4.16. The highest BCUT2D eigenvalue weighted by Crippen LogP contribution is 2.21. The molecule has 1 N–H and O–H groups in total. The molecule has 2 aromatic carbocycles. The van der Waals surface area contributed by atoms with Crippen molar-refractivity contribution in [1.82, 2.24) is 9.97 Å². The van der Waals surface area contributed by atoms with Crippen molar-refractivity contribution in [2.24, 2.45) is 0 Å². The summed E-state index contributed by atoms with van der Waals surface area (Å²) < 4.78 is 0. The van der Waals surface area contributed by atoms with Gasteiger partial charge in [-0.3, -0.25) is 4.79 Å². The van der Waals surface area contributed by atoms with Crippen molar-refractivity contribution < 1.29 is 4.79 Å². The maximum absolute atomic E-state index is 12.5. The monoisotopic (exact) mass is 352 g/mol. The molecule has 0 aliphatic rings. The number of nitrogens with one attached hydrogen (secondary N) is 1. The molecule has 3 aromatic rings. The minimum Gasteiger partial charge on any atom is -0.321 e. The standard InChI is InChI=1S/C19H17ClN4O/c1-13-8-9-14(12-16(13)20)22-18(25)17-10-11-21-19(23-17)24(2)15-6-4-3-5-7-15/h3-12H,1-2H3,(H,22,25). The van der Waals surface area contributed by atoms with Gasteiger partial charge in [0.2, 0.25) is 5.95 Å². The van der Waals surface area contributed by atoms with E-state index in [9.17, 15) is 4.79 Å². The molecule has 0 atom stereocenters. The molecule has 0 aliphatic heterocycles. The molecule has 1 heterocycles. The number of nitrogens with zero attached hydrogens (tertiary/aromatic N) is 3. The molecule has 0 bridgehead atoms. The van der Waals surface area contributed by atoms with Crippen LogP contribution in [-0.2, 0) is 0 Å². The molecule has 126 valence electrons. The van der Waals surface area contributed by atoms with Crippen LogP contribution in [0, 0.1) is 6.92 Å². The molecule has 3 rings (SSSR count). The van der Waals surface area contributed by atoms with E-state index in [-0.39, 0.29) is 11.6 Å². The van der Waals surface area contributed by atoms with E-state index >= 15 is 0 Å². The minimum absolute atomic E-state index is 0.282. The van der Waals surface area contributed by atoms with E-state index < -0.39 is 0 Å². The summed E-state index contributed by atoms with van der Waals surface area (Å²) in [6.07, 6.45) is 1.57. The number of carbonyl (C=O) groups excluding carboxylic acids is 1. The zero-order valence-electron chi connectivity index (χ0n) is 13.9. The van der Waals surface area contributed by atoms with Gasteiger partial charge in [0.25, 0.3) is 5.91 Å². The number of hydrogen-bond donors (Lipinski definition) is 1. The van der Waals surface area contributed by atoms with E-state index in [1.807, 2.05) is 55.3 Å². The first-order valence-corrected chi connectivity index (χ1v) is 8.12. The van der Waals surface area contributed by atoms with Crippen LogP contribution >= 0.6 is 11.6 Å². The van der Waals surface area contributed by atoms with Crippen LogP contribution in [-0.4, -0.2) is 22.9 Å². The molecule has 0 saturated carbocycles. The Hall–Kier alpha value is -2.92. The molecule has 0 radical (unpaired) electrons. The van der Waals surface area contributed by atoms with Crippen LogP contribution in [0.25, 0.3) is 0 Å². The quantitative estimate of drug-likeness (QED) is 0.753. The Morgan fingerprint density at radius 1 is 1.12 bits per heavy atom. The number of amides is 1. The average molecular weight is 353 g/mol. The lowest BCUT2D eigenvalue weighted by atomic mass is 10.2. The van der Waals surface area contributed by atoms with Gasteiger partial charge in [-0.1, -0.05) is 35.9 Å². The first-order chi connectivity index (χ1) is 12.0. The van der Waals surface area contributed by atoms with Crippen molar-refractivity contribution in [1.29, 1.82) is 0 Å². The van der Waals surface area contributed by atoms with Gasteiger partial charge >= 0.3 is 0 Å². The number of rotatable bonds is 4. The topological polar surface area (TPSA) is 58.1 Å². The van der Waals surface area contributed by atoms with Crippen LogP contribution in [0.3, 0.4) is 0 Å². The Kier molecular flexibility index (Phi) is 4.95. The Morgan fingerprint density at radius 2 is 1.88 bits per heavy atom. The SMILES string of the molecule is Cc1ccc(NC(=O)c2ccnc(N(C)c3ccccc3)n2)cc1Cl. The highest BCUT2D eigenvalue weighted by Gasteiger charge is 2.13. The van der Waals surface area contributed by atoms with Gasteiger partial charge in [0.05, 0.1) is 0 Å². The van der Waals surface area contributed by atoms with Gasteiger partial charge in [-0.15, -0.1) is 0 Å². The Morgan fingerprint density at radius 3 is 2.60 bits per heavy atom. The molecule has 1 aromatic heterocycles. The van der Waals surface area contributed by atoms with Gasteiger partial charge in [-0.25, -0.2) is 9.97 Å². The van der Waals surface area contributed by atoms with Crippen LogP contribution < -0.4 is 10.2 Å². The van der Waals surface area contributed by atoms with Crippen molar-refractivity contribution in [3.05, 3.63) is 77.1 Å². The fraction of sp³-hybridized carbons (Fsp3) is 0.105. The summed E-state index contributed by atoms with van der Waals surface area (Å²) >= 11 is 6.09. The van der Waals surface area contributed by atoms with Crippen molar-refractivity contribution in [2.45, 2.75) is 6.92 Å². The second kappa shape index (κ2) is 7.32. The molecule has 1 amide bonds. The first-order valence-electron chi connectivity index (χ1n) is 7.74. The zero-order valence-corrected chi connectivity index (χ0v) is 14.7. The molecular formula is C19H17ClN4O. The lowest BCUT2D eigenvalue weighted by Crippen LogP contribution is -2.18. The van der Waals surface area contributed by atoms with E-state index in [4.69, 9.17) is 11.6 Å². The zero-order chi connectivity index (χ0) is 17.8. The number of benzene rings is 2. The van der Waals surface area contributed by atoms with Crippen LogP contribution in [0.2, 0.25) is 5.02 Å². The molecule has 6 heteroatoms. The summed E-state index contributed by atoms with van der Waals surface area (Å²) in [4.78, 5) is 22.9. The van der Waals surface area contributed by atoms with Crippen molar-refractivity contribution in [3.8, 4) is 0 Å². The number of para-hydroxylation sites is 1. The summed E-state index contributed by atoms with van der Waals surface area (Å²) in [5.41, 5.74) is 2.79. The predicted octanol–water partition coefficient (Wildman–Crippen LogP) is 4.46. The fourth-order valence-corrected chi connectivity index (χ4v) is 2.45. The van der Waals surface area contributed by atoms with E-state index in [2.05, 4.69) is 15.3 Å². The second-order valence-corrected chi connectivity index (χ2v) is 5.96. The maximum atomic E-state index is 12.5. The largest absolute Gasteiger partial charge is 0.321 e. The van der Waals surface area contributed by atoms with Crippen LogP contribution in [0.1, 0.15) is 16.1 Å². The lowest BCUT2D eigenvalue weighted by Gasteiger charge is -2.17. The molecule has 5 nitrogen and oxygen atoms in total. The Bertz CT molecular complexity index is 899. The summed E-state index contributed by atoms with van der Waals surface area (Å²) in [7, 11) is 1.85. The predicted molar refractivity (Wildman–Crippen MR) is 101 cm³/mol. The lowest BCUT2D eigenvalue weighted by molar-refractivity contribution is 0.102. The van der Waals surface area contributed by atoms with Crippen molar-refractivity contribution >= 4 is 34.8 Å². The van der Waals surface area contributed by atoms with E-state index in [0.29, 0.717) is 16.7 Å². The minimum atomic E-state index is -0.315. The van der Waals surface area contributed by atoms with E-state index in [0.717, 1.165) is 11.3 Å². The van der Waals surface area contributed by atoms with E-state index in [1.165, 1.54) is 0 Å². The van der Waals surface area contributed by atoms with Gasteiger partial charge in [0, 0.05) is 29.6 Å². The fourth-order valence-electron chi connectivity index (χ4n) is 2.27. The molecule has 25 heavy (non-hydrogen) atoms. The Labute approximate surface area is 151 Å². The summed E-state index contributed by atoms with van der Waals surface area (Å²) in [6.45, 7) is 1.91. The number of anilines is 3. The first kappa shape index (κ1) is 16.9. The molecule has 0 saturated heterocycles. The number of carbonyl (C=O) groups is 1. The average Bonchev–Trinajstić information content (AvgIpc) is 2.65. The second-order valence-electron chi connectivity index (χ2n) is 5.55. The molecular weight excluding hydrogens is 336 g/mol. The van der Waals surface area contributed by atoms with E-state index in [1.54, 1.807) is 24.4 Å². The maximum Gasteiger partial charge on any atom is 0.274 e. The molecule has 0 unspecified atom stereocenters. The van der Waals surface area contributed by atoms with Gasteiger partial charge in [0.15, 0.2) is 0 Å². The van der Waals surface area contributed by atoms with Gasteiger partial charge in [-0.05, 0) is 42.8 Å². The van der Waals surface area contributed by atoms with Gasteiger partial charge in [0.1, 0.15) is 5.69 Å². The summed E-state index contributed by atoms with van der Waals surface area (Å²) in [5, 5.41) is 3.40. The van der Waals surface area contributed by atoms with Crippen LogP contribution in [0.4, 0.5) is 17.3 Å². The normalized spacial score (nSPS) is 10.4. The smallest absolute Gasteiger partial charge is 0.274 e. The number of hydrogen-bond acceptors (Lipinski definition) is 4.